The Hall–Kier alpha value is -8.79. The second-order valence-corrected chi connectivity index (χ2v) is 17.2. The fraction of sp³-hybridized carbons (Fsp3) is 0.0156. The van der Waals surface area contributed by atoms with E-state index in [0.717, 1.165) is 28.1 Å². The first-order chi connectivity index (χ1) is 33.2. The molecule has 12 rings (SSSR count). The molecule has 0 saturated carbocycles. The van der Waals surface area contributed by atoms with Gasteiger partial charge in [-0.15, -0.1) is 0 Å². The highest BCUT2D eigenvalue weighted by molar-refractivity contribution is 6.28. The van der Waals surface area contributed by atoms with Crippen molar-refractivity contribution in [2.75, 3.05) is 0 Å². The van der Waals surface area contributed by atoms with Crippen LogP contribution in [0.25, 0.3) is 98.9 Å². The lowest BCUT2D eigenvalue weighted by atomic mass is 9.84. The van der Waals surface area contributed by atoms with Gasteiger partial charge in [0, 0.05) is 22.0 Å². The molecule has 1 heterocycles. The van der Waals surface area contributed by atoms with Gasteiger partial charge in [-0.05, 0) is 108 Å². The first-order valence-electron chi connectivity index (χ1n) is 23.0. The molecule has 1 aromatic heterocycles. The molecule has 0 amide bonds. The molecule has 0 saturated heterocycles. The second-order valence-electron chi connectivity index (χ2n) is 17.2. The Balaban J connectivity index is 0.974. The number of para-hydroxylation sites is 2. The monoisotopic (exact) mass is 855 g/mol. The highest BCUT2D eigenvalue weighted by atomic mass is 15.0. The number of nitrogens with two attached hydrogens (primary N) is 1. The van der Waals surface area contributed by atoms with Gasteiger partial charge in [0.05, 0.1) is 16.7 Å². The van der Waals surface area contributed by atoms with Gasteiger partial charge in [-0.2, -0.15) is 0 Å². The summed E-state index contributed by atoms with van der Waals surface area (Å²) in [5, 5.41) is 9.90. The molecule has 12 aromatic rings. The van der Waals surface area contributed by atoms with Gasteiger partial charge >= 0.3 is 0 Å². The number of benzene rings is 11. The van der Waals surface area contributed by atoms with Crippen molar-refractivity contribution in [2.45, 2.75) is 6.42 Å². The number of aliphatic imine (C=N–C) groups is 1. The minimum Gasteiger partial charge on any atom is -0.383 e. The third-order valence-electron chi connectivity index (χ3n) is 13.2. The third-order valence-corrected chi connectivity index (χ3v) is 13.2. The van der Waals surface area contributed by atoms with Gasteiger partial charge in [0.2, 0.25) is 0 Å². The van der Waals surface area contributed by atoms with Crippen molar-refractivity contribution in [3.63, 3.8) is 0 Å². The fourth-order valence-corrected chi connectivity index (χ4v) is 10.2. The van der Waals surface area contributed by atoms with Crippen LogP contribution in [-0.4, -0.2) is 10.4 Å². The molecule has 3 nitrogen and oxygen atoms in total. The lowest BCUT2D eigenvalue weighted by molar-refractivity contribution is 1.18. The van der Waals surface area contributed by atoms with Gasteiger partial charge in [0.25, 0.3) is 0 Å². The van der Waals surface area contributed by atoms with Crippen molar-refractivity contribution < 1.29 is 0 Å². The smallest absolute Gasteiger partial charge is 0.131 e. The molecule has 2 N–H and O–H groups in total. The minimum atomic E-state index is 0.478. The van der Waals surface area contributed by atoms with Crippen LogP contribution in [0.4, 0.5) is 0 Å². The predicted molar refractivity (Wildman–Crippen MR) is 285 cm³/mol. The Bertz CT molecular complexity index is 3860. The van der Waals surface area contributed by atoms with E-state index in [1.807, 2.05) is 30.3 Å². The zero-order chi connectivity index (χ0) is 44.7. The maximum Gasteiger partial charge on any atom is 0.131 e. The highest BCUT2D eigenvalue weighted by Crippen LogP contribution is 2.46. The van der Waals surface area contributed by atoms with Crippen molar-refractivity contribution in [3.05, 3.63) is 265 Å². The van der Waals surface area contributed by atoms with E-state index in [0.29, 0.717) is 12.3 Å². The summed E-state index contributed by atoms with van der Waals surface area (Å²) in [4.78, 5) is 5.16. The Morgan fingerprint density at radius 1 is 0.418 bits per heavy atom. The molecule has 0 fully saturated rings. The van der Waals surface area contributed by atoms with Crippen LogP contribution in [0.2, 0.25) is 0 Å². The standard InChI is InChI=1S/C64H45N3/c65-64(48-22-6-2-7-23-48)66-57(41-34-43-18-16-24-49(42-43)52-31-17-33-59-62(52)55-30-14-15-32-58(55)67(59)50-25-8-3-9-26-50)45-35-37-47(38-36-45)61-54-29-13-12-28-53(54)60(46-20-4-1-5-21-46)56-40-39-44-19-10-11-27-51(44)63(56)61/h1-33,35-42H,34H2,(H2,65,66)/b57-41-. The van der Waals surface area contributed by atoms with E-state index in [4.69, 9.17) is 10.7 Å². The summed E-state index contributed by atoms with van der Waals surface area (Å²) in [6.45, 7) is 0. The Morgan fingerprint density at radius 2 is 1.01 bits per heavy atom. The SMILES string of the molecule is NC(=N/C(=C\Cc1cccc(-c2cccc3c2c2ccccc2n3-c2ccccc2)c1)c1ccc(-c2c3ccccc3c(-c3ccccc3)c3ccc4ccccc4c23)cc1)c1ccccc1. The Morgan fingerprint density at radius 3 is 1.79 bits per heavy atom. The predicted octanol–water partition coefficient (Wildman–Crippen LogP) is 16.2. The molecule has 316 valence electrons. The maximum absolute atomic E-state index is 6.81. The van der Waals surface area contributed by atoms with Crippen molar-refractivity contribution in [2.24, 2.45) is 10.7 Å². The summed E-state index contributed by atoms with van der Waals surface area (Å²) in [6.07, 6.45) is 2.89. The largest absolute Gasteiger partial charge is 0.383 e. The lowest BCUT2D eigenvalue weighted by Gasteiger charge is -2.19. The van der Waals surface area contributed by atoms with Crippen LogP contribution in [0.15, 0.2) is 254 Å². The zero-order valence-electron chi connectivity index (χ0n) is 36.9. The Kier molecular flexibility index (Phi) is 10.1. The van der Waals surface area contributed by atoms with Crippen LogP contribution in [-0.2, 0) is 6.42 Å². The number of rotatable bonds is 9. The number of nitrogens with zero attached hydrogens (tertiary/aromatic N) is 2. The third kappa shape index (κ3) is 7.15. The second kappa shape index (κ2) is 17.0. The van der Waals surface area contributed by atoms with Gasteiger partial charge in [-0.25, -0.2) is 4.99 Å². The van der Waals surface area contributed by atoms with Gasteiger partial charge in [-0.1, -0.05) is 224 Å². The van der Waals surface area contributed by atoms with Crippen LogP contribution in [0, 0.1) is 0 Å². The molecule has 0 aliphatic rings. The van der Waals surface area contributed by atoms with Gasteiger partial charge in [0.15, 0.2) is 0 Å². The van der Waals surface area contributed by atoms with Crippen LogP contribution in [0.1, 0.15) is 16.7 Å². The molecule has 0 bridgehead atoms. The molecule has 11 aromatic carbocycles. The van der Waals surface area contributed by atoms with E-state index in [1.54, 1.807) is 0 Å². The number of hydrogen-bond acceptors (Lipinski definition) is 1. The summed E-state index contributed by atoms with van der Waals surface area (Å²) in [7, 11) is 0. The number of fused-ring (bicyclic) bond motifs is 7. The normalized spacial score (nSPS) is 12.2. The highest BCUT2D eigenvalue weighted by Gasteiger charge is 2.20. The van der Waals surface area contributed by atoms with Crippen molar-refractivity contribution >= 4 is 65.7 Å². The first-order valence-corrected chi connectivity index (χ1v) is 23.0. The summed E-state index contributed by atoms with van der Waals surface area (Å²) in [5.41, 5.74) is 21.5. The Labute approximate surface area is 390 Å². The van der Waals surface area contributed by atoms with Crippen LogP contribution >= 0.6 is 0 Å². The number of allylic oxidation sites excluding steroid dienone is 1. The molecular weight excluding hydrogens is 811 g/mol. The molecule has 3 heteroatoms. The molecule has 0 unspecified atom stereocenters. The number of amidine groups is 1. The van der Waals surface area contributed by atoms with Gasteiger partial charge < -0.3 is 10.3 Å². The minimum absolute atomic E-state index is 0.478. The van der Waals surface area contributed by atoms with Crippen LogP contribution in [0.5, 0.6) is 0 Å². The van der Waals surface area contributed by atoms with E-state index in [9.17, 15) is 0 Å². The fourth-order valence-electron chi connectivity index (χ4n) is 10.2. The molecule has 0 aliphatic heterocycles. The average Bonchev–Trinajstić information content (AvgIpc) is 3.74. The summed E-state index contributed by atoms with van der Waals surface area (Å²) in [6, 6.07) is 86.9. The van der Waals surface area contributed by atoms with Gasteiger partial charge in [-0.3, -0.25) is 0 Å². The summed E-state index contributed by atoms with van der Waals surface area (Å²) < 4.78 is 2.38. The van der Waals surface area contributed by atoms with Crippen molar-refractivity contribution in [3.8, 4) is 39.1 Å². The van der Waals surface area contributed by atoms with E-state index in [1.165, 1.54) is 87.5 Å². The molecule has 67 heavy (non-hydrogen) atoms. The maximum atomic E-state index is 6.81. The number of aromatic nitrogens is 1. The molecule has 0 aliphatic carbocycles. The lowest BCUT2D eigenvalue weighted by Crippen LogP contribution is -2.13. The van der Waals surface area contributed by atoms with Crippen molar-refractivity contribution in [1.29, 1.82) is 0 Å². The summed E-state index contributed by atoms with van der Waals surface area (Å²) >= 11 is 0. The summed E-state index contributed by atoms with van der Waals surface area (Å²) in [5.74, 6) is 0.478. The zero-order valence-corrected chi connectivity index (χ0v) is 36.9. The molecule has 0 atom stereocenters. The molecule has 0 spiro atoms. The van der Waals surface area contributed by atoms with Crippen LogP contribution < -0.4 is 5.73 Å². The van der Waals surface area contributed by atoms with Crippen molar-refractivity contribution in [1.82, 2.24) is 4.57 Å². The first kappa shape index (κ1) is 39.8. The topological polar surface area (TPSA) is 43.3 Å². The molecule has 0 radical (unpaired) electrons. The average molecular weight is 856 g/mol. The van der Waals surface area contributed by atoms with E-state index < -0.39 is 0 Å². The van der Waals surface area contributed by atoms with E-state index in [-0.39, 0.29) is 0 Å². The van der Waals surface area contributed by atoms with E-state index in [2.05, 4.69) is 223 Å². The van der Waals surface area contributed by atoms with E-state index >= 15 is 0 Å². The molecular formula is C64H45N3. The van der Waals surface area contributed by atoms with Gasteiger partial charge in [0.1, 0.15) is 5.84 Å². The quantitative estimate of drug-likeness (QED) is 0.0668. The number of hydrogen-bond donors (Lipinski definition) is 1. The van der Waals surface area contributed by atoms with Crippen LogP contribution in [0.3, 0.4) is 0 Å².